The molecule has 1 unspecified atom stereocenters. The highest BCUT2D eigenvalue weighted by Crippen LogP contribution is 2.30. The maximum Gasteiger partial charge on any atom is 0.201 e. The van der Waals surface area contributed by atoms with Crippen molar-refractivity contribution in [3.63, 3.8) is 0 Å². The highest BCUT2D eigenvalue weighted by molar-refractivity contribution is 5.84. The van der Waals surface area contributed by atoms with Crippen LogP contribution in [0.15, 0.2) is 18.2 Å². The van der Waals surface area contributed by atoms with Crippen molar-refractivity contribution < 1.29 is 4.74 Å². The number of hydrogen-bond donors (Lipinski definition) is 1. The smallest absolute Gasteiger partial charge is 0.201 e. The molecule has 0 radical (unpaired) electrons. The van der Waals surface area contributed by atoms with Crippen LogP contribution >= 0.6 is 0 Å². The molecule has 2 rings (SSSR count). The number of ether oxygens (including phenoxy) is 1. The van der Waals surface area contributed by atoms with Crippen molar-refractivity contribution in [2.75, 3.05) is 12.8 Å². The highest BCUT2D eigenvalue weighted by atomic mass is 16.5. The minimum Gasteiger partial charge on any atom is -0.494 e. The summed E-state index contributed by atoms with van der Waals surface area (Å²) in [5.41, 5.74) is 7.89. The van der Waals surface area contributed by atoms with Crippen molar-refractivity contribution in [1.29, 1.82) is 0 Å². The minimum atomic E-state index is 0.358. The van der Waals surface area contributed by atoms with Gasteiger partial charge in [-0.15, -0.1) is 0 Å². The monoisotopic (exact) mass is 233 g/mol. The molecule has 0 saturated carbocycles. The van der Waals surface area contributed by atoms with Gasteiger partial charge < -0.3 is 15.0 Å². The van der Waals surface area contributed by atoms with Crippen LogP contribution in [0.25, 0.3) is 11.0 Å². The van der Waals surface area contributed by atoms with E-state index in [-0.39, 0.29) is 0 Å². The summed E-state index contributed by atoms with van der Waals surface area (Å²) in [7, 11) is 1.65. The van der Waals surface area contributed by atoms with Gasteiger partial charge in [0.25, 0.3) is 0 Å². The summed E-state index contributed by atoms with van der Waals surface area (Å²) in [6.07, 6.45) is 2.22. The van der Waals surface area contributed by atoms with Crippen LogP contribution < -0.4 is 10.5 Å². The number of imidazole rings is 1. The minimum absolute atomic E-state index is 0.358. The third kappa shape index (κ3) is 1.95. The molecule has 0 aliphatic rings. The quantitative estimate of drug-likeness (QED) is 0.883. The number of anilines is 1. The molecule has 0 bridgehead atoms. The topological polar surface area (TPSA) is 53.1 Å². The first kappa shape index (κ1) is 11.8. The molecule has 1 atom stereocenters. The molecule has 0 saturated heterocycles. The van der Waals surface area contributed by atoms with E-state index < -0.39 is 0 Å². The summed E-state index contributed by atoms with van der Waals surface area (Å²) >= 11 is 0. The Balaban J connectivity index is 2.59. The van der Waals surface area contributed by atoms with Crippen molar-refractivity contribution in [1.82, 2.24) is 9.55 Å². The van der Waals surface area contributed by atoms with Gasteiger partial charge in [-0.25, -0.2) is 4.98 Å². The van der Waals surface area contributed by atoms with E-state index in [1.54, 1.807) is 7.11 Å². The van der Waals surface area contributed by atoms with Crippen LogP contribution in [0.3, 0.4) is 0 Å². The molecule has 17 heavy (non-hydrogen) atoms. The van der Waals surface area contributed by atoms with Gasteiger partial charge in [0.15, 0.2) is 0 Å². The Bertz CT molecular complexity index is 519. The van der Waals surface area contributed by atoms with Gasteiger partial charge in [0.1, 0.15) is 11.3 Å². The number of nitrogen functional groups attached to an aromatic ring is 1. The molecule has 4 nitrogen and oxygen atoms in total. The first-order chi connectivity index (χ1) is 8.19. The average Bonchev–Trinajstić information content (AvgIpc) is 2.65. The predicted molar refractivity (Wildman–Crippen MR) is 70.3 cm³/mol. The van der Waals surface area contributed by atoms with E-state index in [1.165, 1.54) is 0 Å². The van der Waals surface area contributed by atoms with Crippen molar-refractivity contribution in [3.8, 4) is 5.75 Å². The van der Waals surface area contributed by atoms with Crippen LogP contribution in [0.5, 0.6) is 5.75 Å². The van der Waals surface area contributed by atoms with Gasteiger partial charge >= 0.3 is 0 Å². The average molecular weight is 233 g/mol. The van der Waals surface area contributed by atoms with Crippen LogP contribution in [-0.2, 0) is 0 Å². The fourth-order valence-electron chi connectivity index (χ4n) is 2.28. The molecule has 0 aliphatic heterocycles. The molecule has 2 aromatic rings. The van der Waals surface area contributed by atoms with E-state index in [9.17, 15) is 0 Å². The van der Waals surface area contributed by atoms with Crippen molar-refractivity contribution >= 4 is 17.0 Å². The number of nitrogens with zero attached hydrogens (tertiary/aromatic N) is 2. The van der Waals surface area contributed by atoms with Crippen LogP contribution in [0.4, 0.5) is 5.95 Å². The van der Waals surface area contributed by atoms with Gasteiger partial charge in [-0.3, -0.25) is 0 Å². The van der Waals surface area contributed by atoms with Crippen LogP contribution in [0.2, 0.25) is 0 Å². The lowest BCUT2D eigenvalue weighted by Gasteiger charge is -2.14. The van der Waals surface area contributed by atoms with E-state index in [1.807, 2.05) is 18.2 Å². The van der Waals surface area contributed by atoms with E-state index in [0.717, 1.165) is 29.6 Å². The molecule has 1 aromatic carbocycles. The maximum atomic E-state index is 6.00. The zero-order chi connectivity index (χ0) is 12.4. The molecular formula is C13H19N3O. The van der Waals surface area contributed by atoms with Gasteiger partial charge in [-0.2, -0.15) is 0 Å². The van der Waals surface area contributed by atoms with E-state index >= 15 is 0 Å². The van der Waals surface area contributed by atoms with E-state index in [0.29, 0.717) is 12.0 Å². The molecule has 1 heterocycles. The molecule has 0 aliphatic carbocycles. The van der Waals surface area contributed by atoms with Crippen molar-refractivity contribution in [3.05, 3.63) is 18.2 Å². The Hall–Kier alpha value is -1.71. The van der Waals surface area contributed by atoms with Crippen LogP contribution in [0.1, 0.15) is 32.7 Å². The molecule has 0 fully saturated rings. The van der Waals surface area contributed by atoms with Crippen molar-refractivity contribution in [2.24, 2.45) is 0 Å². The second-order valence-electron chi connectivity index (χ2n) is 4.31. The molecule has 1 aromatic heterocycles. The van der Waals surface area contributed by atoms with Gasteiger partial charge in [-0.05, 0) is 25.5 Å². The summed E-state index contributed by atoms with van der Waals surface area (Å²) in [6.45, 7) is 4.34. The summed E-state index contributed by atoms with van der Waals surface area (Å²) in [6, 6.07) is 6.27. The standard InChI is InChI=1S/C13H19N3O/c1-4-6-9(2)16-10-7-5-8-11(17-3)12(10)15-13(16)14/h5,7-9H,4,6H2,1-3H3,(H2,14,15). The summed E-state index contributed by atoms with van der Waals surface area (Å²) in [5.74, 6) is 1.34. The molecule has 4 heteroatoms. The third-order valence-corrected chi connectivity index (χ3v) is 3.08. The lowest BCUT2D eigenvalue weighted by Crippen LogP contribution is -2.08. The Morgan fingerprint density at radius 2 is 2.24 bits per heavy atom. The predicted octanol–water partition coefficient (Wildman–Crippen LogP) is 2.99. The van der Waals surface area contributed by atoms with Gasteiger partial charge in [-0.1, -0.05) is 19.4 Å². The number of methoxy groups -OCH3 is 1. The second-order valence-corrected chi connectivity index (χ2v) is 4.31. The van der Waals surface area contributed by atoms with Gasteiger partial charge in [0, 0.05) is 6.04 Å². The molecule has 2 N–H and O–H groups in total. The fraction of sp³-hybridized carbons (Fsp3) is 0.462. The fourth-order valence-corrected chi connectivity index (χ4v) is 2.28. The number of hydrogen-bond acceptors (Lipinski definition) is 3. The Labute approximate surface area is 101 Å². The Kier molecular flexibility index (Phi) is 3.22. The largest absolute Gasteiger partial charge is 0.494 e. The molecule has 92 valence electrons. The first-order valence-corrected chi connectivity index (χ1v) is 5.99. The normalized spacial score (nSPS) is 12.9. The first-order valence-electron chi connectivity index (χ1n) is 5.99. The summed E-state index contributed by atoms with van der Waals surface area (Å²) < 4.78 is 7.39. The Morgan fingerprint density at radius 1 is 1.47 bits per heavy atom. The third-order valence-electron chi connectivity index (χ3n) is 3.08. The number of nitrogens with two attached hydrogens (primary N) is 1. The summed E-state index contributed by atoms with van der Waals surface area (Å²) in [5, 5.41) is 0. The second kappa shape index (κ2) is 4.65. The van der Waals surface area contributed by atoms with E-state index in [4.69, 9.17) is 10.5 Å². The lowest BCUT2D eigenvalue weighted by atomic mass is 10.2. The zero-order valence-corrected chi connectivity index (χ0v) is 10.6. The molecular weight excluding hydrogens is 214 g/mol. The number of rotatable bonds is 4. The number of aromatic nitrogens is 2. The lowest BCUT2D eigenvalue weighted by molar-refractivity contribution is 0.419. The van der Waals surface area contributed by atoms with Crippen molar-refractivity contribution in [2.45, 2.75) is 32.7 Å². The van der Waals surface area contributed by atoms with Crippen LogP contribution in [0, 0.1) is 0 Å². The zero-order valence-electron chi connectivity index (χ0n) is 10.6. The highest BCUT2D eigenvalue weighted by Gasteiger charge is 2.15. The molecule has 0 spiro atoms. The maximum absolute atomic E-state index is 6.00. The van der Waals surface area contributed by atoms with Gasteiger partial charge in [0.2, 0.25) is 5.95 Å². The summed E-state index contributed by atoms with van der Waals surface area (Å²) in [4.78, 5) is 4.40. The number of para-hydroxylation sites is 1. The number of benzene rings is 1. The Morgan fingerprint density at radius 3 is 2.88 bits per heavy atom. The number of fused-ring (bicyclic) bond motifs is 1. The van der Waals surface area contributed by atoms with Crippen LogP contribution in [-0.4, -0.2) is 16.7 Å². The molecule has 0 amide bonds. The van der Waals surface area contributed by atoms with Gasteiger partial charge in [0.05, 0.1) is 12.6 Å². The SMILES string of the molecule is CCCC(C)n1c(N)nc2c(OC)cccc21. The van der Waals surface area contributed by atoms with E-state index in [2.05, 4.69) is 23.4 Å².